The van der Waals surface area contributed by atoms with Gasteiger partial charge in [0.25, 0.3) is 5.91 Å². The van der Waals surface area contributed by atoms with Crippen LogP contribution in [0.25, 0.3) is 0 Å². The number of hydroxylamine groups is 1. The van der Waals surface area contributed by atoms with Gasteiger partial charge in [-0.15, -0.1) is 0 Å². The van der Waals surface area contributed by atoms with E-state index in [1.54, 1.807) is 5.48 Å². The summed E-state index contributed by atoms with van der Waals surface area (Å²) in [6, 6.07) is -0.660. The number of carbonyl (C=O) groups is 1. The number of halogens is 3. The Morgan fingerprint density at radius 1 is 1.60 bits per heavy atom. The van der Waals surface area contributed by atoms with Gasteiger partial charge in [0, 0.05) is 6.54 Å². The number of morpholine rings is 1. The number of rotatable bonds is 3. The predicted molar refractivity (Wildman–Crippen MR) is 42.8 cm³/mol. The van der Waals surface area contributed by atoms with Gasteiger partial charge in [-0.05, 0) is 0 Å². The molecule has 1 unspecified atom stereocenters. The second-order valence-corrected chi connectivity index (χ2v) is 2.95. The summed E-state index contributed by atoms with van der Waals surface area (Å²) in [4.78, 5) is 15.1. The third-order valence-corrected chi connectivity index (χ3v) is 1.65. The van der Waals surface area contributed by atoms with Gasteiger partial charge >= 0.3 is 6.18 Å². The van der Waals surface area contributed by atoms with Crippen LogP contribution in [0.1, 0.15) is 0 Å². The smallest absolute Gasteiger partial charge is 0.378 e. The van der Waals surface area contributed by atoms with Crippen LogP contribution >= 0.6 is 0 Å². The molecule has 1 rings (SSSR count). The maximum absolute atomic E-state index is 11.6. The summed E-state index contributed by atoms with van der Waals surface area (Å²) in [6.07, 6.45) is -4.45. The number of nitrogens with one attached hydrogen (secondary N) is 2. The normalized spacial score (nSPS) is 22.5. The Kier molecular flexibility index (Phi) is 4.30. The van der Waals surface area contributed by atoms with Crippen LogP contribution < -0.4 is 10.8 Å². The van der Waals surface area contributed by atoms with Crippen molar-refractivity contribution in [3.8, 4) is 0 Å². The number of alkyl halides is 3. The number of hydrogen-bond acceptors (Lipinski definition) is 4. The summed E-state index contributed by atoms with van der Waals surface area (Å²) in [5.41, 5.74) is 1.71. The Morgan fingerprint density at radius 3 is 2.87 bits per heavy atom. The molecule has 1 atom stereocenters. The van der Waals surface area contributed by atoms with E-state index in [2.05, 4.69) is 10.2 Å². The van der Waals surface area contributed by atoms with Crippen molar-refractivity contribution in [2.24, 2.45) is 0 Å². The monoisotopic (exact) mass is 228 g/mol. The topological polar surface area (TPSA) is 59.6 Å². The van der Waals surface area contributed by atoms with Crippen molar-refractivity contribution in [2.45, 2.75) is 12.2 Å². The quantitative estimate of drug-likeness (QED) is 0.644. The highest BCUT2D eigenvalue weighted by molar-refractivity contribution is 5.80. The molecule has 8 heteroatoms. The Bertz CT molecular complexity index is 216. The maximum atomic E-state index is 11.6. The van der Waals surface area contributed by atoms with Crippen molar-refractivity contribution >= 4 is 5.91 Å². The van der Waals surface area contributed by atoms with Gasteiger partial charge in [0.05, 0.1) is 13.2 Å². The molecule has 0 aromatic heterocycles. The van der Waals surface area contributed by atoms with Crippen LogP contribution in [-0.4, -0.2) is 44.5 Å². The summed E-state index contributed by atoms with van der Waals surface area (Å²) in [6.45, 7) is -0.419. The first-order chi connectivity index (χ1) is 6.99. The molecule has 15 heavy (non-hydrogen) atoms. The lowest BCUT2D eigenvalue weighted by atomic mass is 10.3. The molecule has 0 spiro atoms. The van der Waals surface area contributed by atoms with Crippen molar-refractivity contribution < 1.29 is 27.5 Å². The minimum absolute atomic E-state index is 0.126. The first-order valence-corrected chi connectivity index (χ1v) is 4.28. The van der Waals surface area contributed by atoms with Gasteiger partial charge in [-0.25, -0.2) is 5.48 Å². The molecule has 1 fully saturated rings. The standard InChI is InChI=1S/C7H11F3N2O3/c8-7(9,10)4-15-12-6(13)5-3-14-2-1-11-5/h5,11H,1-4H2,(H,12,13). The summed E-state index contributed by atoms with van der Waals surface area (Å²) in [5.74, 6) is -0.668. The average molecular weight is 228 g/mol. The third-order valence-electron chi connectivity index (χ3n) is 1.65. The molecule has 0 radical (unpaired) electrons. The lowest BCUT2D eigenvalue weighted by Crippen LogP contribution is -2.51. The average Bonchev–Trinajstić information content (AvgIpc) is 2.17. The van der Waals surface area contributed by atoms with Gasteiger partial charge in [-0.1, -0.05) is 0 Å². The van der Waals surface area contributed by atoms with Gasteiger partial charge in [-0.2, -0.15) is 13.2 Å². The SMILES string of the molecule is O=C(NOCC(F)(F)F)C1COCCN1. The minimum atomic E-state index is -4.45. The molecular weight excluding hydrogens is 217 g/mol. The van der Waals surface area contributed by atoms with Crippen LogP contribution in [0.2, 0.25) is 0 Å². The zero-order chi connectivity index (χ0) is 11.3. The van der Waals surface area contributed by atoms with Crippen molar-refractivity contribution in [3.05, 3.63) is 0 Å². The molecule has 1 heterocycles. The van der Waals surface area contributed by atoms with Gasteiger partial charge in [0.15, 0.2) is 6.61 Å². The van der Waals surface area contributed by atoms with Crippen LogP contribution in [0.5, 0.6) is 0 Å². The van der Waals surface area contributed by atoms with Crippen molar-refractivity contribution in [3.63, 3.8) is 0 Å². The van der Waals surface area contributed by atoms with Crippen LogP contribution in [0.15, 0.2) is 0 Å². The van der Waals surface area contributed by atoms with E-state index in [4.69, 9.17) is 4.74 Å². The fraction of sp³-hybridized carbons (Fsp3) is 0.857. The minimum Gasteiger partial charge on any atom is -0.378 e. The Balaban J connectivity index is 2.17. The van der Waals surface area contributed by atoms with Gasteiger partial charge in [-0.3, -0.25) is 9.63 Å². The predicted octanol–water partition coefficient (Wildman–Crippen LogP) is -0.415. The zero-order valence-electron chi connectivity index (χ0n) is 7.76. The third kappa shape index (κ3) is 4.96. The van der Waals surface area contributed by atoms with E-state index >= 15 is 0 Å². The fourth-order valence-corrected chi connectivity index (χ4v) is 0.994. The van der Waals surface area contributed by atoms with Gasteiger partial charge < -0.3 is 10.1 Å². The zero-order valence-corrected chi connectivity index (χ0v) is 7.76. The van der Waals surface area contributed by atoms with Gasteiger partial charge in [0.1, 0.15) is 6.04 Å². The molecule has 0 aliphatic carbocycles. The molecule has 1 saturated heterocycles. The second-order valence-electron chi connectivity index (χ2n) is 2.95. The summed E-state index contributed by atoms with van der Waals surface area (Å²) in [5, 5.41) is 2.77. The summed E-state index contributed by atoms with van der Waals surface area (Å²) >= 11 is 0. The van der Waals surface area contributed by atoms with E-state index in [9.17, 15) is 18.0 Å². The molecule has 1 aliphatic heterocycles. The van der Waals surface area contributed by atoms with Crippen LogP contribution in [0.3, 0.4) is 0 Å². The molecule has 0 aromatic carbocycles. The van der Waals surface area contributed by atoms with E-state index < -0.39 is 24.7 Å². The highest BCUT2D eigenvalue weighted by Crippen LogP contribution is 2.13. The number of carbonyl (C=O) groups excluding carboxylic acids is 1. The van der Waals surface area contributed by atoms with Crippen molar-refractivity contribution in [2.75, 3.05) is 26.4 Å². The lowest BCUT2D eigenvalue weighted by molar-refractivity contribution is -0.192. The maximum Gasteiger partial charge on any atom is 0.414 e. The molecule has 1 amide bonds. The number of ether oxygens (including phenoxy) is 1. The molecule has 0 saturated carbocycles. The molecule has 0 bridgehead atoms. The highest BCUT2D eigenvalue weighted by atomic mass is 19.4. The van der Waals surface area contributed by atoms with Crippen molar-refractivity contribution in [1.29, 1.82) is 0 Å². The summed E-state index contributed by atoms with van der Waals surface area (Å²) < 4.78 is 39.8. The Hall–Kier alpha value is -0.860. The molecule has 1 aliphatic rings. The lowest BCUT2D eigenvalue weighted by Gasteiger charge is -2.22. The second kappa shape index (κ2) is 5.29. The van der Waals surface area contributed by atoms with Crippen LogP contribution in [0, 0.1) is 0 Å². The van der Waals surface area contributed by atoms with E-state index in [0.29, 0.717) is 13.2 Å². The van der Waals surface area contributed by atoms with E-state index in [0.717, 1.165) is 0 Å². The molecule has 2 N–H and O–H groups in total. The molecular formula is C7H11F3N2O3. The Morgan fingerprint density at radius 2 is 2.33 bits per heavy atom. The first-order valence-electron chi connectivity index (χ1n) is 4.28. The van der Waals surface area contributed by atoms with Gasteiger partial charge in [0.2, 0.25) is 0 Å². The van der Waals surface area contributed by atoms with Crippen LogP contribution in [-0.2, 0) is 14.4 Å². The van der Waals surface area contributed by atoms with E-state index in [-0.39, 0.29) is 6.61 Å². The first kappa shape index (κ1) is 12.2. The van der Waals surface area contributed by atoms with Crippen LogP contribution in [0.4, 0.5) is 13.2 Å². The van der Waals surface area contributed by atoms with E-state index in [1.807, 2.05) is 0 Å². The highest BCUT2D eigenvalue weighted by Gasteiger charge is 2.29. The summed E-state index contributed by atoms with van der Waals surface area (Å²) in [7, 11) is 0. The van der Waals surface area contributed by atoms with E-state index in [1.165, 1.54) is 0 Å². The molecule has 0 aromatic rings. The number of hydrogen-bond donors (Lipinski definition) is 2. The fourth-order valence-electron chi connectivity index (χ4n) is 0.994. The number of amides is 1. The van der Waals surface area contributed by atoms with Crippen molar-refractivity contribution in [1.82, 2.24) is 10.8 Å². The Labute approximate surface area is 83.9 Å². The molecule has 5 nitrogen and oxygen atoms in total. The largest absolute Gasteiger partial charge is 0.414 e. The molecule has 88 valence electrons.